The number of amides is 1. The van der Waals surface area contributed by atoms with Gasteiger partial charge < -0.3 is 14.3 Å². The molecule has 1 aliphatic rings. The van der Waals surface area contributed by atoms with Gasteiger partial charge in [-0.25, -0.2) is 0 Å². The average Bonchev–Trinajstić information content (AvgIpc) is 3.29. The number of H-pyrrole nitrogens is 1. The average molecular weight is 319 g/mol. The predicted octanol–water partition coefficient (Wildman–Crippen LogP) is 1.49. The Bertz CT molecular complexity index is 954. The minimum atomic E-state index is -0.0956. The van der Waals surface area contributed by atoms with E-state index < -0.39 is 0 Å². The number of nitrogens with one attached hydrogen (secondary N) is 1. The Morgan fingerprint density at radius 3 is 3.00 bits per heavy atom. The standard InChI is InChI=1S/C18H18BN3O2/c23-17-16-5-2-7-22(16)15(11-20-17)10-13-3-1-4-14(9-13)18(24)21-8-6-19-12-21/h1-5,7,9,11,19H,6,8,10,12H2,(H,20,23). The molecule has 0 saturated carbocycles. The fraction of sp³-hybridized carbons (Fsp3) is 0.222. The van der Waals surface area contributed by atoms with Crippen LogP contribution in [0.3, 0.4) is 0 Å². The maximum Gasteiger partial charge on any atom is 0.272 e. The molecule has 0 atom stereocenters. The van der Waals surface area contributed by atoms with Gasteiger partial charge in [0.05, 0.1) is 0 Å². The number of carbonyl (C=O) groups excluding carboxylic acids is 1. The molecule has 2 aromatic heterocycles. The molecule has 120 valence electrons. The van der Waals surface area contributed by atoms with Crippen molar-refractivity contribution in [3.05, 3.63) is 76.0 Å². The molecule has 5 nitrogen and oxygen atoms in total. The van der Waals surface area contributed by atoms with Crippen LogP contribution in [0.2, 0.25) is 6.32 Å². The topological polar surface area (TPSA) is 57.6 Å². The highest BCUT2D eigenvalue weighted by molar-refractivity contribution is 6.37. The van der Waals surface area contributed by atoms with E-state index in [2.05, 4.69) is 4.98 Å². The smallest absolute Gasteiger partial charge is 0.272 e. The number of rotatable bonds is 3. The van der Waals surface area contributed by atoms with Crippen molar-refractivity contribution in [3.8, 4) is 0 Å². The summed E-state index contributed by atoms with van der Waals surface area (Å²) in [5.74, 6) is 0.113. The number of nitrogens with zero attached hydrogens (tertiary/aromatic N) is 2. The number of hydrogen-bond donors (Lipinski definition) is 1. The van der Waals surface area contributed by atoms with Gasteiger partial charge in [0.2, 0.25) is 0 Å². The largest absolute Gasteiger partial charge is 0.347 e. The Morgan fingerprint density at radius 2 is 2.17 bits per heavy atom. The summed E-state index contributed by atoms with van der Waals surface area (Å²) in [6.45, 7) is 0.854. The SMILES string of the molecule is O=C(c1cccc(Cc2c[nH]c(=O)c3cccn23)c1)N1CBCC1. The molecular weight excluding hydrogens is 301 g/mol. The minimum absolute atomic E-state index is 0.0956. The zero-order chi connectivity index (χ0) is 16.5. The quantitative estimate of drug-likeness (QED) is 0.744. The van der Waals surface area contributed by atoms with Crippen molar-refractivity contribution in [2.24, 2.45) is 0 Å². The van der Waals surface area contributed by atoms with Crippen LogP contribution in [0.15, 0.2) is 53.6 Å². The van der Waals surface area contributed by atoms with Crippen molar-refractivity contribution in [1.29, 1.82) is 0 Å². The van der Waals surface area contributed by atoms with Crippen molar-refractivity contribution in [2.45, 2.75) is 12.7 Å². The van der Waals surface area contributed by atoms with Crippen LogP contribution in [0.1, 0.15) is 21.6 Å². The highest BCUT2D eigenvalue weighted by Crippen LogP contribution is 2.15. The van der Waals surface area contributed by atoms with Crippen LogP contribution in [0, 0.1) is 0 Å². The zero-order valence-electron chi connectivity index (χ0n) is 13.4. The third-order valence-corrected chi connectivity index (χ3v) is 4.61. The van der Waals surface area contributed by atoms with Gasteiger partial charge in [-0.2, -0.15) is 0 Å². The second-order valence-electron chi connectivity index (χ2n) is 6.25. The van der Waals surface area contributed by atoms with Crippen LogP contribution in [-0.4, -0.2) is 40.5 Å². The maximum atomic E-state index is 12.5. The lowest BCUT2D eigenvalue weighted by Crippen LogP contribution is -2.28. The van der Waals surface area contributed by atoms with Gasteiger partial charge in [-0.15, -0.1) is 0 Å². The van der Waals surface area contributed by atoms with Gasteiger partial charge in [-0.1, -0.05) is 18.5 Å². The number of fused-ring (bicyclic) bond motifs is 1. The maximum absolute atomic E-state index is 12.5. The number of carbonyl (C=O) groups is 1. The Labute approximate surface area is 140 Å². The molecule has 0 bridgehead atoms. The van der Waals surface area contributed by atoms with Crippen LogP contribution in [0.5, 0.6) is 0 Å². The second kappa shape index (κ2) is 6.04. The Morgan fingerprint density at radius 1 is 1.25 bits per heavy atom. The van der Waals surface area contributed by atoms with Crippen molar-refractivity contribution < 1.29 is 4.79 Å². The second-order valence-corrected chi connectivity index (χ2v) is 6.25. The van der Waals surface area contributed by atoms with E-state index in [1.165, 1.54) is 0 Å². The molecule has 0 spiro atoms. The molecule has 1 saturated heterocycles. The van der Waals surface area contributed by atoms with Gasteiger partial charge in [0, 0.05) is 36.6 Å². The van der Waals surface area contributed by atoms with E-state index in [1.54, 1.807) is 12.3 Å². The molecule has 24 heavy (non-hydrogen) atoms. The predicted molar refractivity (Wildman–Crippen MR) is 95.1 cm³/mol. The van der Waals surface area contributed by atoms with E-state index in [0.29, 0.717) is 11.9 Å². The van der Waals surface area contributed by atoms with E-state index in [-0.39, 0.29) is 11.5 Å². The number of aromatic nitrogens is 2. The molecule has 0 radical (unpaired) electrons. The third-order valence-electron chi connectivity index (χ3n) is 4.61. The molecule has 0 unspecified atom stereocenters. The van der Waals surface area contributed by atoms with E-state index in [4.69, 9.17) is 0 Å². The molecular formula is C18H18BN3O2. The van der Waals surface area contributed by atoms with Gasteiger partial charge in [0.15, 0.2) is 0 Å². The van der Waals surface area contributed by atoms with E-state index >= 15 is 0 Å². The Kier molecular flexibility index (Phi) is 3.73. The monoisotopic (exact) mass is 319 g/mol. The van der Waals surface area contributed by atoms with Crippen molar-refractivity contribution in [2.75, 3.05) is 13.0 Å². The van der Waals surface area contributed by atoms with E-state index in [1.807, 2.05) is 45.8 Å². The van der Waals surface area contributed by atoms with Gasteiger partial charge in [0.1, 0.15) is 12.8 Å². The summed E-state index contributed by atoms with van der Waals surface area (Å²) in [4.78, 5) is 29.0. The number of hydrogen-bond acceptors (Lipinski definition) is 2. The lowest BCUT2D eigenvalue weighted by Gasteiger charge is -2.16. The van der Waals surface area contributed by atoms with Crippen molar-refractivity contribution >= 4 is 18.7 Å². The van der Waals surface area contributed by atoms with Crippen molar-refractivity contribution in [1.82, 2.24) is 14.3 Å². The molecule has 3 heterocycles. The third kappa shape index (κ3) is 2.64. The lowest BCUT2D eigenvalue weighted by atomic mass is 9.79. The van der Waals surface area contributed by atoms with Gasteiger partial charge in [-0.05, 0) is 36.3 Å². The highest BCUT2D eigenvalue weighted by Gasteiger charge is 2.20. The molecule has 3 aromatic rings. The first-order valence-electron chi connectivity index (χ1n) is 8.28. The number of aromatic amines is 1. The summed E-state index contributed by atoms with van der Waals surface area (Å²) >= 11 is 0. The van der Waals surface area contributed by atoms with Gasteiger partial charge in [-0.3, -0.25) is 9.59 Å². The first-order chi connectivity index (χ1) is 11.7. The first-order valence-corrected chi connectivity index (χ1v) is 8.28. The summed E-state index contributed by atoms with van der Waals surface area (Å²) in [5.41, 5.74) is 3.32. The zero-order valence-corrected chi connectivity index (χ0v) is 13.4. The molecule has 4 rings (SSSR count). The summed E-state index contributed by atoms with van der Waals surface area (Å²) in [6, 6.07) is 11.4. The van der Waals surface area contributed by atoms with Crippen LogP contribution in [0.25, 0.3) is 5.52 Å². The molecule has 1 amide bonds. The summed E-state index contributed by atoms with van der Waals surface area (Å²) < 4.78 is 1.90. The fourth-order valence-electron chi connectivity index (χ4n) is 3.37. The minimum Gasteiger partial charge on any atom is -0.347 e. The van der Waals surface area contributed by atoms with Crippen LogP contribution >= 0.6 is 0 Å². The molecule has 1 fully saturated rings. The van der Waals surface area contributed by atoms with Crippen LogP contribution < -0.4 is 5.56 Å². The highest BCUT2D eigenvalue weighted by atomic mass is 16.2. The molecule has 0 aliphatic carbocycles. The van der Waals surface area contributed by atoms with Gasteiger partial charge in [0.25, 0.3) is 11.5 Å². The summed E-state index contributed by atoms with van der Waals surface area (Å²) in [5, 5.41) is 0. The molecule has 1 aliphatic heterocycles. The Balaban J connectivity index is 1.64. The fourth-order valence-corrected chi connectivity index (χ4v) is 3.37. The normalized spacial score (nSPS) is 14.1. The Hall–Kier alpha value is -2.76. The molecule has 1 N–H and O–H groups in total. The van der Waals surface area contributed by atoms with E-state index in [9.17, 15) is 9.59 Å². The van der Waals surface area contributed by atoms with Gasteiger partial charge >= 0.3 is 0 Å². The summed E-state index contributed by atoms with van der Waals surface area (Å²) in [6.07, 6.45) is 6.23. The molecule has 6 heteroatoms. The first kappa shape index (κ1) is 14.8. The van der Waals surface area contributed by atoms with Crippen LogP contribution in [-0.2, 0) is 6.42 Å². The number of benzene rings is 1. The van der Waals surface area contributed by atoms with Crippen LogP contribution in [0.4, 0.5) is 0 Å². The lowest BCUT2D eigenvalue weighted by molar-refractivity contribution is 0.0801. The summed E-state index contributed by atoms with van der Waals surface area (Å²) in [7, 11) is 1.09. The van der Waals surface area contributed by atoms with E-state index in [0.717, 1.165) is 43.4 Å². The van der Waals surface area contributed by atoms with Crippen molar-refractivity contribution in [3.63, 3.8) is 0 Å². The molecule has 1 aromatic carbocycles.